The van der Waals surface area contributed by atoms with Crippen molar-refractivity contribution >= 4 is 19.8 Å². The molecule has 0 rings (SSSR count). The van der Waals surface area contributed by atoms with Gasteiger partial charge >= 0.3 is 19.8 Å². The highest BCUT2D eigenvalue weighted by atomic mass is 31.2. The summed E-state index contributed by atoms with van der Waals surface area (Å²) >= 11 is 0. The predicted molar refractivity (Wildman–Crippen MR) is 268 cm³/mol. The molecule has 0 aromatic carbocycles. The standard InChI is InChI=1S/C53H98NO9P/c1-3-5-7-9-11-13-15-17-19-21-23-24-25-26-27-29-31-33-35-37-39-41-43-45-52(55)63-50(48-61-64(58,59)62-49-51(54)53(56)57)47-60-46-44-42-40-38-36-34-32-30-28-22-20-18-16-14-12-10-8-6-4-2/h14-17,20-23,50-51H,3-13,18-19,24-49,54H2,1-2H3,(H,56,57)(H,58,59)/b16-14-,17-15-,22-20-,23-21-. The average Bonchev–Trinajstić information content (AvgIpc) is 3.28. The van der Waals surface area contributed by atoms with E-state index in [1.54, 1.807) is 0 Å². The van der Waals surface area contributed by atoms with Crippen LogP contribution in [0.1, 0.15) is 239 Å². The monoisotopic (exact) mass is 924 g/mol. The Bertz CT molecular complexity index is 1210. The Labute approximate surface area is 392 Å². The van der Waals surface area contributed by atoms with Gasteiger partial charge in [-0.25, -0.2) is 4.57 Å². The fraction of sp³-hybridized carbons (Fsp3) is 0.811. The first-order valence-electron chi connectivity index (χ1n) is 26.2. The molecule has 0 heterocycles. The van der Waals surface area contributed by atoms with Gasteiger partial charge < -0.3 is 25.2 Å². The first-order valence-corrected chi connectivity index (χ1v) is 27.7. The van der Waals surface area contributed by atoms with Crippen molar-refractivity contribution in [2.45, 2.75) is 251 Å². The molecule has 0 aliphatic rings. The second-order valence-corrected chi connectivity index (χ2v) is 19.1. The van der Waals surface area contributed by atoms with Gasteiger partial charge in [-0.3, -0.25) is 18.6 Å². The van der Waals surface area contributed by atoms with Gasteiger partial charge in [-0.2, -0.15) is 0 Å². The lowest BCUT2D eigenvalue weighted by Crippen LogP contribution is -2.34. The summed E-state index contributed by atoms with van der Waals surface area (Å²) in [7, 11) is -4.63. The van der Waals surface area contributed by atoms with Gasteiger partial charge in [0, 0.05) is 13.0 Å². The zero-order valence-corrected chi connectivity index (χ0v) is 42.0. The van der Waals surface area contributed by atoms with Crippen molar-refractivity contribution in [1.82, 2.24) is 0 Å². The van der Waals surface area contributed by atoms with E-state index in [9.17, 15) is 19.0 Å². The number of ether oxygens (including phenoxy) is 2. The Morgan fingerprint density at radius 1 is 0.500 bits per heavy atom. The first kappa shape index (κ1) is 61.9. The van der Waals surface area contributed by atoms with Crippen LogP contribution >= 0.6 is 7.82 Å². The van der Waals surface area contributed by atoms with Crippen molar-refractivity contribution in [3.8, 4) is 0 Å². The second-order valence-electron chi connectivity index (χ2n) is 17.6. The molecule has 0 spiro atoms. The van der Waals surface area contributed by atoms with Crippen molar-refractivity contribution in [2.24, 2.45) is 5.73 Å². The molecule has 0 bridgehead atoms. The molecule has 0 aliphatic heterocycles. The van der Waals surface area contributed by atoms with Gasteiger partial charge in [0.25, 0.3) is 0 Å². The maximum atomic E-state index is 12.7. The molecule has 4 N–H and O–H groups in total. The van der Waals surface area contributed by atoms with Crippen LogP contribution in [0.2, 0.25) is 0 Å². The van der Waals surface area contributed by atoms with E-state index >= 15 is 0 Å². The number of nitrogens with two attached hydrogens (primary N) is 1. The molecule has 3 unspecified atom stereocenters. The van der Waals surface area contributed by atoms with Crippen LogP contribution in [0.5, 0.6) is 0 Å². The summed E-state index contributed by atoms with van der Waals surface area (Å²) in [6, 6.07) is -1.48. The molecule has 0 aromatic rings. The quantitative estimate of drug-likeness (QED) is 0.0232. The minimum absolute atomic E-state index is 0.0123. The molecule has 64 heavy (non-hydrogen) atoms. The van der Waals surface area contributed by atoms with Crippen LogP contribution in [0.15, 0.2) is 48.6 Å². The van der Waals surface area contributed by atoms with Gasteiger partial charge in [-0.15, -0.1) is 0 Å². The number of aliphatic carboxylic acids is 1. The van der Waals surface area contributed by atoms with Gasteiger partial charge in [0.15, 0.2) is 0 Å². The molecule has 0 aromatic heterocycles. The average molecular weight is 924 g/mol. The minimum atomic E-state index is -4.63. The van der Waals surface area contributed by atoms with E-state index in [0.29, 0.717) is 13.0 Å². The number of carbonyl (C=O) groups is 2. The fourth-order valence-electron chi connectivity index (χ4n) is 7.25. The molecule has 0 aliphatic carbocycles. The van der Waals surface area contributed by atoms with Gasteiger partial charge in [-0.1, -0.05) is 204 Å². The zero-order valence-electron chi connectivity index (χ0n) is 41.1. The van der Waals surface area contributed by atoms with Crippen LogP contribution in [-0.2, 0) is 32.7 Å². The van der Waals surface area contributed by atoms with Crippen molar-refractivity contribution < 1.29 is 42.7 Å². The summed E-state index contributed by atoms with van der Waals surface area (Å²) in [5.41, 5.74) is 5.38. The Morgan fingerprint density at radius 2 is 0.859 bits per heavy atom. The molecule has 0 saturated heterocycles. The van der Waals surface area contributed by atoms with E-state index in [2.05, 4.69) is 62.5 Å². The van der Waals surface area contributed by atoms with Crippen LogP contribution in [0.4, 0.5) is 0 Å². The van der Waals surface area contributed by atoms with Crippen LogP contribution in [0.3, 0.4) is 0 Å². The van der Waals surface area contributed by atoms with Crippen LogP contribution in [-0.4, -0.2) is 60.5 Å². The van der Waals surface area contributed by atoms with Gasteiger partial charge in [-0.05, 0) is 77.0 Å². The van der Waals surface area contributed by atoms with Crippen molar-refractivity contribution in [3.05, 3.63) is 48.6 Å². The molecule has 0 saturated carbocycles. The highest BCUT2D eigenvalue weighted by molar-refractivity contribution is 7.47. The molecular weight excluding hydrogens is 826 g/mol. The number of hydrogen-bond acceptors (Lipinski definition) is 8. The number of hydrogen-bond donors (Lipinski definition) is 3. The number of carboxylic acid groups (broad SMARTS) is 1. The lowest BCUT2D eigenvalue weighted by molar-refractivity contribution is -0.154. The highest BCUT2D eigenvalue weighted by Crippen LogP contribution is 2.43. The Kier molecular flexibility index (Phi) is 47.3. The number of unbranched alkanes of at least 4 members (excludes halogenated alkanes) is 28. The third-order valence-corrected chi connectivity index (χ3v) is 12.3. The van der Waals surface area contributed by atoms with Gasteiger partial charge in [0.1, 0.15) is 12.1 Å². The topological polar surface area (TPSA) is 155 Å². The van der Waals surface area contributed by atoms with Crippen LogP contribution in [0.25, 0.3) is 0 Å². The van der Waals surface area contributed by atoms with Crippen molar-refractivity contribution in [1.29, 1.82) is 0 Å². The zero-order chi connectivity index (χ0) is 46.9. The van der Waals surface area contributed by atoms with E-state index in [1.165, 1.54) is 154 Å². The van der Waals surface area contributed by atoms with E-state index < -0.39 is 45.1 Å². The van der Waals surface area contributed by atoms with E-state index in [-0.39, 0.29) is 13.0 Å². The lowest BCUT2D eigenvalue weighted by Gasteiger charge is -2.20. The SMILES string of the molecule is CCCCCC/C=C\C/C=C\CCCCCCCCCCOCC(COP(=O)(O)OCC(N)C(=O)O)OC(=O)CCCCCCCCCCCCC/C=C\C/C=C\CCCCCCC. The van der Waals surface area contributed by atoms with Gasteiger partial charge in [0.2, 0.25) is 0 Å². The third-order valence-electron chi connectivity index (χ3n) is 11.3. The summed E-state index contributed by atoms with van der Waals surface area (Å²) in [6.07, 6.45) is 58.8. The van der Waals surface area contributed by atoms with Gasteiger partial charge in [0.05, 0.1) is 19.8 Å². The number of carbonyl (C=O) groups excluding carboxylic acids is 1. The van der Waals surface area contributed by atoms with Crippen molar-refractivity contribution in [3.63, 3.8) is 0 Å². The smallest absolute Gasteiger partial charge is 0.472 e. The number of rotatable bonds is 50. The molecule has 0 radical (unpaired) electrons. The van der Waals surface area contributed by atoms with E-state index in [1.807, 2.05) is 0 Å². The van der Waals surface area contributed by atoms with Crippen LogP contribution in [0, 0.1) is 0 Å². The second kappa shape index (κ2) is 48.9. The number of phosphoric ester groups is 1. The number of carboxylic acids is 1. The highest BCUT2D eigenvalue weighted by Gasteiger charge is 2.27. The molecule has 374 valence electrons. The summed E-state index contributed by atoms with van der Waals surface area (Å²) < 4.78 is 33.5. The molecule has 10 nitrogen and oxygen atoms in total. The fourth-order valence-corrected chi connectivity index (χ4v) is 8.03. The maximum Gasteiger partial charge on any atom is 0.472 e. The molecule has 3 atom stereocenters. The Hall–Kier alpha value is -2.07. The summed E-state index contributed by atoms with van der Waals surface area (Å²) in [5.74, 6) is -1.78. The van der Waals surface area contributed by atoms with E-state index in [4.69, 9.17) is 29.4 Å². The molecule has 0 amide bonds. The predicted octanol–water partition coefficient (Wildman–Crippen LogP) is 15.4. The molecular formula is C53H98NO9P. The largest absolute Gasteiger partial charge is 0.480 e. The lowest BCUT2D eigenvalue weighted by atomic mass is 10.0. The molecule has 11 heteroatoms. The normalized spacial score (nSPS) is 14.1. The number of allylic oxidation sites excluding steroid dienone is 8. The van der Waals surface area contributed by atoms with Crippen LogP contribution < -0.4 is 5.73 Å². The Balaban J connectivity index is 4.13. The maximum absolute atomic E-state index is 12.7. The summed E-state index contributed by atoms with van der Waals surface area (Å²) in [4.78, 5) is 33.7. The third kappa shape index (κ3) is 47.9. The van der Waals surface area contributed by atoms with E-state index in [0.717, 1.165) is 57.8 Å². The Morgan fingerprint density at radius 3 is 1.28 bits per heavy atom. The molecule has 0 fully saturated rings. The first-order chi connectivity index (χ1) is 31.2. The summed E-state index contributed by atoms with van der Waals surface area (Å²) in [6.45, 7) is 3.87. The minimum Gasteiger partial charge on any atom is -0.480 e. The van der Waals surface area contributed by atoms with Crippen molar-refractivity contribution in [2.75, 3.05) is 26.4 Å². The number of phosphoric acid groups is 1. The summed E-state index contributed by atoms with van der Waals surface area (Å²) in [5, 5.41) is 8.93. The number of esters is 1.